The molecule has 1 aliphatic heterocycles. The van der Waals surface area contributed by atoms with Crippen LogP contribution >= 0.6 is 11.3 Å². The molecule has 2 heterocycles. The van der Waals surface area contributed by atoms with Crippen molar-refractivity contribution in [1.29, 1.82) is 0 Å². The lowest BCUT2D eigenvalue weighted by atomic mass is 9.95. The van der Waals surface area contributed by atoms with Crippen molar-refractivity contribution in [3.05, 3.63) is 84.0 Å². The number of nitrogens with zero attached hydrogens (tertiary/aromatic N) is 2. The second-order valence-electron chi connectivity index (χ2n) is 7.93. The number of phenols is 1. The average Bonchev–Trinajstić information content (AvgIpc) is 3.14. The Bertz CT molecular complexity index is 1520. The number of hydrogen-bond donors (Lipinski definition) is 1. The molecule has 0 bridgehead atoms. The minimum atomic E-state index is -0.749. The summed E-state index contributed by atoms with van der Waals surface area (Å²) < 4.78 is 17.9. The lowest BCUT2D eigenvalue weighted by Crippen LogP contribution is -2.40. The van der Waals surface area contributed by atoms with Crippen molar-refractivity contribution in [2.24, 2.45) is 4.99 Å². The van der Waals surface area contributed by atoms with Crippen molar-refractivity contribution in [3.63, 3.8) is 0 Å². The van der Waals surface area contributed by atoms with Gasteiger partial charge in [-0.05, 0) is 50.1 Å². The highest BCUT2D eigenvalue weighted by Crippen LogP contribution is 2.34. The summed E-state index contributed by atoms with van der Waals surface area (Å²) in [5.41, 5.74) is 2.49. The molecule has 9 heteroatoms. The van der Waals surface area contributed by atoms with E-state index in [1.165, 1.54) is 23.0 Å². The van der Waals surface area contributed by atoms with Crippen LogP contribution in [0.1, 0.15) is 36.6 Å². The fourth-order valence-corrected chi connectivity index (χ4v) is 5.11. The summed E-state index contributed by atoms with van der Waals surface area (Å²) in [7, 11) is 3.04. The van der Waals surface area contributed by atoms with Gasteiger partial charge in [0.1, 0.15) is 5.75 Å². The summed E-state index contributed by atoms with van der Waals surface area (Å²) >= 11 is 1.18. The van der Waals surface area contributed by atoms with Gasteiger partial charge in [-0.15, -0.1) is 0 Å². The first-order chi connectivity index (χ1) is 16.8. The first-order valence-corrected chi connectivity index (χ1v) is 11.8. The number of carbonyl (C=O) groups excluding carboxylic acids is 1. The van der Waals surface area contributed by atoms with Gasteiger partial charge >= 0.3 is 5.97 Å². The molecule has 0 aliphatic carbocycles. The number of aryl methyl sites for hydroxylation is 1. The maximum absolute atomic E-state index is 13.7. The summed E-state index contributed by atoms with van der Waals surface area (Å²) in [4.78, 5) is 31.7. The van der Waals surface area contributed by atoms with Crippen LogP contribution in [0.15, 0.2) is 57.5 Å². The van der Waals surface area contributed by atoms with Crippen LogP contribution < -0.4 is 24.4 Å². The molecular formula is C26H26N2O6S. The predicted octanol–water partition coefficient (Wildman–Crippen LogP) is 2.83. The fourth-order valence-electron chi connectivity index (χ4n) is 4.08. The van der Waals surface area contributed by atoms with Gasteiger partial charge in [-0.3, -0.25) is 9.36 Å². The second-order valence-corrected chi connectivity index (χ2v) is 8.94. The summed E-state index contributed by atoms with van der Waals surface area (Å²) in [6.07, 6.45) is 1.60. The summed E-state index contributed by atoms with van der Waals surface area (Å²) in [6.45, 7) is 5.57. The van der Waals surface area contributed by atoms with E-state index in [-0.39, 0.29) is 17.9 Å². The normalized spacial score (nSPS) is 15.5. The fraction of sp³-hybridized carbons (Fsp3) is 0.269. The molecule has 35 heavy (non-hydrogen) atoms. The van der Waals surface area contributed by atoms with E-state index < -0.39 is 12.0 Å². The van der Waals surface area contributed by atoms with Crippen molar-refractivity contribution >= 4 is 23.4 Å². The van der Waals surface area contributed by atoms with Gasteiger partial charge in [0.05, 0.1) is 42.7 Å². The van der Waals surface area contributed by atoms with Crippen LogP contribution in [0.2, 0.25) is 0 Å². The number of para-hydroxylation sites is 1. The first kappa shape index (κ1) is 24.3. The topological polar surface area (TPSA) is 99.4 Å². The maximum Gasteiger partial charge on any atom is 0.338 e. The van der Waals surface area contributed by atoms with E-state index in [0.717, 1.165) is 5.56 Å². The number of aromatic hydroxyl groups is 1. The number of allylic oxidation sites excluding steroid dienone is 1. The van der Waals surface area contributed by atoms with Gasteiger partial charge in [-0.25, -0.2) is 9.79 Å². The van der Waals surface area contributed by atoms with Crippen molar-refractivity contribution < 1.29 is 24.1 Å². The molecule has 0 radical (unpaired) electrons. The number of carbonyl (C=O) groups is 1. The highest BCUT2D eigenvalue weighted by molar-refractivity contribution is 7.07. The standard InChI is InChI=1S/C26H26N2O6S/c1-6-34-25(31)21-15(3)27-26-28(22(21)16-11-10-14(2)19(12-16)33-5)24(30)20(35-26)13-17-8-7-9-18(32-4)23(17)29/h7-13,22,29H,6H2,1-5H3. The van der Waals surface area contributed by atoms with Crippen molar-refractivity contribution in [2.45, 2.75) is 26.8 Å². The number of ether oxygens (including phenoxy) is 3. The van der Waals surface area contributed by atoms with Gasteiger partial charge in [0.25, 0.3) is 5.56 Å². The Morgan fingerprint density at radius 2 is 1.91 bits per heavy atom. The minimum absolute atomic E-state index is 0.0657. The molecule has 1 N–H and O–H groups in total. The SMILES string of the molecule is CCOC(=O)C1=C(C)N=c2sc(=Cc3cccc(OC)c3O)c(=O)n2C1c1ccc(C)c(OC)c1. The third kappa shape index (κ3) is 4.35. The van der Waals surface area contributed by atoms with E-state index >= 15 is 0 Å². The molecule has 0 amide bonds. The molecule has 182 valence electrons. The summed E-state index contributed by atoms with van der Waals surface area (Å²) in [5.74, 6) is 0.349. The molecule has 3 aromatic rings. The Morgan fingerprint density at radius 1 is 1.17 bits per heavy atom. The highest BCUT2D eigenvalue weighted by Gasteiger charge is 2.33. The number of aromatic nitrogens is 1. The molecule has 1 atom stereocenters. The number of phenolic OH excluding ortho intramolecular Hbond substituents is 1. The monoisotopic (exact) mass is 494 g/mol. The molecule has 0 saturated carbocycles. The van der Waals surface area contributed by atoms with E-state index in [9.17, 15) is 14.7 Å². The minimum Gasteiger partial charge on any atom is -0.504 e. The number of thiazole rings is 1. The predicted molar refractivity (Wildman–Crippen MR) is 133 cm³/mol. The van der Waals surface area contributed by atoms with Crippen LogP contribution in [0, 0.1) is 6.92 Å². The zero-order valence-electron chi connectivity index (χ0n) is 20.1. The second kappa shape index (κ2) is 9.79. The van der Waals surface area contributed by atoms with Gasteiger partial charge in [0, 0.05) is 5.56 Å². The van der Waals surface area contributed by atoms with E-state index in [1.807, 2.05) is 25.1 Å². The molecule has 1 aliphatic rings. The zero-order valence-corrected chi connectivity index (χ0v) is 20.9. The number of esters is 1. The Balaban J connectivity index is 1.98. The lowest BCUT2D eigenvalue weighted by Gasteiger charge is -2.25. The summed E-state index contributed by atoms with van der Waals surface area (Å²) in [6, 6.07) is 9.87. The van der Waals surface area contributed by atoms with Gasteiger partial charge in [0.15, 0.2) is 16.3 Å². The molecule has 2 aromatic carbocycles. The van der Waals surface area contributed by atoms with Crippen molar-refractivity contribution in [2.75, 3.05) is 20.8 Å². The number of methoxy groups -OCH3 is 2. The molecule has 0 saturated heterocycles. The van der Waals surface area contributed by atoms with Crippen molar-refractivity contribution in [3.8, 4) is 17.2 Å². The third-order valence-electron chi connectivity index (χ3n) is 5.80. The van der Waals surface area contributed by atoms with Crippen molar-refractivity contribution in [1.82, 2.24) is 4.57 Å². The molecule has 0 spiro atoms. The average molecular weight is 495 g/mol. The molecular weight excluding hydrogens is 468 g/mol. The first-order valence-electron chi connectivity index (χ1n) is 11.0. The van der Waals surface area contributed by atoms with E-state index in [4.69, 9.17) is 14.2 Å². The van der Waals surface area contributed by atoms with Crippen LogP contribution in [-0.4, -0.2) is 36.5 Å². The Labute approximate surface area is 206 Å². The number of benzene rings is 2. The summed E-state index contributed by atoms with van der Waals surface area (Å²) in [5, 5.41) is 10.5. The van der Waals surface area contributed by atoms with E-state index in [0.29, 0.717) is 43.2 Å². The molecule has 4 rings (SSSR count). The number of hydrogen-bond acceptors (Lipinski definition) is 8. The molecule has 0 fully saturated rings. The zero-order chi connectivity index (χ0) is 25.3. The Hall–Kier alpha value is -3.85. The van der Waals surface area contributed by atoms with Crippen LogP contribution in [0.4, 0.5) is 0 Å². The van der Waals surface area contributed by atoms with Gasteiger partial charge in [-0.2, -0.15) is 0 Å². The molecule has 1 aromatic heterocycles. The van der Waals surface area contributed by atoms with E-state index in [2.05, 4.69) is 4.99 Å². The Kier molecular flexibility index (Phi) is 6.79. The third-order valence-corrected chi connectivity index (χ3v) is 6.78. The van der Waals surface area contributed by atoms with E-state index in [1.54, 1.807) is 45.2 Å². The highest BCUT2D eigenvalue weighted by atomic mass is 32.1. The Morgan fingerprint density at radius 3 is 2.60 bits per heavy atom. The number of rotatable bonds is 6. The lowest BCUT2D eigenvalue weighted by molar-refractivity contribution is -0.139. The number of fused-ring (bicyclic) bond motifs is 1. The molecule has 8 nitrogen and oxygen atoms in total. The van der Waals surface area contributed by atoms with Crippen LogP contribution in [0.25, 0.3) is 6.08 Å². The van der Waals surface area contributed by atoms with Gasteiger partial charge < -0.3 is 19.3 Å². The van der Waals surface area contributed by atoms with Crippen LogP contribution in [-0.2, 0) is 9.53 Å². The van der Waals surface area contributed by atoms with Gasteiger partial charge in [0.2, 0.25) is 0 Å². The van der Waals surface area contributed by atoms with Crippen LogP contribution in [0.5, 0.6) is 17.2 Å². The van der Waals surface area contributed by atoms with Gasteiger partial charge in [-0.1, -0.05) is 35.6 Å². The maximum atomic E-state index is 13.7. The smallest absolute Gasteiger partial charge is 0.338 e. The molecule has 1 unspecified atom stereocenters. The quantitative estimate of drug-likeness (QED) is 0.529. The largest absolute Gasteiger partial charge is 0.504 e. The van der Waals surface area contributed by atoms with Crippen LogP contribution in [0.3, 0.4) is 0 Å².